The molecule has 1 fully saturated rings. The predicted octanol–water partition coefficient (Wildman–Crippen LogP) is 3.80. The van der Waals surface area contributed by atoms with E-state index in [1.54, 1.807) is 32.0 Å². The van der Waals surface area contributed by atoms with Gasteiger partial charge in [-0.3, -0.25) is 4.90 Å². The molecule has 10 heteroatoms. The van der Waals surface area contributed by atoms with E-state index in [1.807, 2.05) is 0 Å². The fourth-order valence-electron chi connectivity index (χ4n) is 3.03. The van der Waals surface area contributed by atoms with Gasteiger partial charge in [-0.2, -0.15) is 18.7 Å². The van der Waals surface area contributed by atoms with Gasteiger partial charge in [0.2, 0.25) is 0 Å². The first-order valence-corrected chi connectivity index (χ1v) is 9.29. The summed E-state index contributed by atoms with van der Waals surface area (Å²) in [6.45, 7) is 3.08. The van der Waals surface area contributed by atoms with Crippen molar-refractivity contribution in [3.05, 3.63) is 29.3 Å². The normalized spacial score (nSPS) is 18.3. The number of hydrogen-bond donors (Lipinski definition) is 1. The number of ether oxygens (including phenoxy) is 1. The number of methoxy groups -OCH3 is 1. The molecule has 1 saturated heterocycles. The third-order valence-corrected chi connectivity index (χ3v) is 4.64. The number of aryl methyl sites for hydroxylation is 1. The van der Waals surface area contributed by atoms with Crippen LogP contribution in [0.1, 0.15) is 37.3 Å². The van der Waals surface area contributed by atoms with Gasteiger partial charge >= 0.3 is 12.3 Å². The number of benzene rings is 1. The number of carbonyl (C=O) groups is 1. The third-order valence-electron chi connectivity index (χ3n) is 4.64. The topological polar surface area (TPSA) is 72.4 Å². The molecule has 1 amide bonds. The molecular weight excluding hydrogens is 391 g/mol. The molecule has 1 unspecified atom stereocenters. The van der Waals surface area contributed by atoms with Crippen molar-refractivity contribution in [2.75, 3.05) is 26.8 Å². The highest BCUT2D eigenvalue weighted by molar-refractivity contribution is 5.98. The van der Waals surface area contributed by atoms with E-state index >= 15 is 0 Å². The number of carbonyl (C=O) groups excluding carboxylic acids is 1. The Labute approximate surface area is 167 Å². The van der Waals surface area contributed by atoms with Crippen molar-refractivity contribution in [2.45, 2.75) is 45.3 Å². The van der Waals surface area contributed by atoms with Gasteiger partial charge in [0, 0.05) is 11.6 Å². The van der Waals surface area contributed by atoms with Gasteiger partial charge in [-0.15, -0.1) is 0 Å². The van der Waals surface area contributed by atoms with Crippen LogP contribution in [0, 0.1) is 6.92 Å². The second kappa shape index (κ2) is 10.3. The Morgan fingerprint density at radius 1 is 1.34 bits per heavy atom. The van der Waals surface area contributed by atoms with E-state index in [2.05, 4.69) is 15.4 Å². The first-order valence-electron chi connectivity index (χ1n) is 9.29. The van der Waals surface area contributed by atoms with Gasteiger partial charge in [0.15, 0.2) is 5.75 Å². The molecule has 0 spiro atoms. The molecule has 1 aliphatic rings. The van der Waals surface area contributed by atoms with E-state index in [-0.39, 0.29) is 12.6 Å². The Kier molecular flexibility index (Phi) is 8.12. The molecule has 1 atom stereocenters. The summed E-state index contributed by atoms with van der Waals surface area (Å²) in [5.74, 6) is 0.408. The number of piperidine rings is 1. The van der Waals surface area contributed by atoms with Crippen molar-refractivity contribution in [2.24, 2.45) is 5.16 Å². The van der Waals surface area contributed by atoms with Crippen LogP contribution < -0.4 is 10.3 Å². The number of rotatable bonds is 7. The van der Waals surface area contributed by atoms with E-state index in [0.717, 1.165) is 18.4 Å². The Bertz CT molecular complexity index is 725. The van der Waals surface area contributed by atoms with Crippen LogP contribution in [-0.4, -0.2) is 55.7 Å². The van der Waals surface area contributed by atoms with E-state index < -0.39 is 18.8 Å². The fourth-order valence-corrected chi connectivity index (χ4v) is 3.03. The number of nitrogens with zero attached hydrogens (tertiary/aromatic N) is 2. The lowest BCUT2D eigenvalue weighted by Crippen LogP contribution is -2.46. The zero-order valence-electron chi connectivity index (χ0n) is 16.7. The smallest absolute Gasteiger partial charge is 0.440 e. The van der Waals surface area contributed by atoms with Gasteiger partial charge < -0.3 is 14.4 Å². The van der Waals surface area contributed by atoms with Crippen LogP contribution in [0.3, 0.4) is 0 Å². The SMILES string of the molecule is COC(=O)NOc1cc(C(C)=NOCC2CCCCN2CC(F)(F)F)ccc1C. The predicted molar refractivity (Wildman–Crippen MR) is 101 cm³/mol. The van der Waals surface area contributed by atoms with Gasteiger partial charge in [-0.25, -0.2) is 4.79 Å². The van der Waals surface area contributed by atoms with Gasteiger partial charge in [-0.1, -0.05) is 23.7 Å². The minimum atomic E-state index is -4.23. The molecule has 0 radical (unpaired) electrons. The quantitative estimate of drug-likeness (QED) is 0.540. The molecule has 0 bridgehead atoms. The van der Waals surface area contributed by atoms with Crippen LogP contribution in [0.4, 0.5) is 18.0 Å². The van der Waals surface area contributed by atoms with Crippen molar-refractivity contribution < 1.29 is 32.4 Å². The number of hydrogen-bond acceptors (Lipinski definition) is 6. The van der Waals surface area contributed by atoms with Crippen LogP contribution in [0.5, 0.6) is 5.75 Å². The highest BCUT2D eigenvalue weighted by Crippen LogP contribution is 2.24. The Balaban J connectivity index is 1.97. The van der Waals surface area contributed by atoms with Crippen LogP contribution >= 0.6 is 0 Å². The first-order chi connectivity index (χ1) is 13.7. The minimum absolute atomic E-state index is 0.0898. The maximum absolute atomic E-state index is 12.7. The maximum Gasteiger partial charge on any atom is 0.440 e. The Morgan fingerprint density at radius 3 is 2.79 bits per heavy atom. The van der Waals surface area contributed by atoms with Gasteiger partial charge in [-0.05, 0) is 44.9 Å². The summed E-state index contributed by atoms with van der Waals surface area (Å²) < 4.78 is 42.7. The molecule has 162 valence electrons. The summed E-state index contributed by atoms with van der Waals surface area (Å²) in [6.07, 6.45) is -2.70. The molecule has 0 aromatic heterocycles. The van der Waals surface area contributed by atoms with Crippen molar-refractivity contribution in [3.8, 4) is 5.75 Å². The number of likely N-dealkylation sites (tertiary alicyclic amines) is 1. The average Bonchev–Trinajstić information content (AvgIpc) is 2.67. The molecule has 1 heterocycles. The summed E-state index contributed by atoms with van der Waals surface area (Å²) >= 11 is 0. The summed E-state index contributed by atoms with van der Waals surface area (Å²) in [7, 11) is 1.22. The number of nitrogens with one attached hydrogen (secondary N) is 1. The molecule has 0 saturated carbocycles. The highest BCUT2D eigenvalue weighted by Gasteiger charge is 2.35. The Morgan fingerprint density at radius 2 is 2.10 bits per heavy atom. The van der Waals surface area contributed by atoms with Crippen LogP contribution in [0.15, 0.2) is 23.4 Å². The van der Waals surface area contributed by atoms with E-state index in [9.17, 15) is 18.0 Å². The zero-order chi connectivity index (χ0) is 21.4. The molecule has 29 heavy (non-hydrogen) atoms. The van der Waals surface area contributed by atoms with Crippen molar-refractivity contribution in [1.82, 2.24) is 10.4 Å². The van der Waals surface area contributed by atoms with E-state index in [4.69, 9.17) is 9.68 Å². The van der Waals surface area contributed by atoms with E-state index in [0.29, 0.717) is 30.0 Å². The molecule has 2 rings (SSSR count). The largest absolute Gasteiger partial charge is 0.451 e. The molecule has 1 aliphatic heterocycles. The van der Waals surface area contributed by atoms with Crippen molar-refractivity contribution in [1.29, 1.82) is 0 Å². The summed E-state index contributed by atoms with van der Waals surface area (Å²) in [5.41, 5.74) is 4.14. The summed E-state index contributed by atoms with van der Waals surface area (Å²) in [6, 6.07) is 4.95. The lowest BCUT2D eigenvalue weighted by atomic mass is 10.0. The molecule has 7 nitrogen and oxygen atoms in total. The number of oxime groups is 1. The van der Waals surface area contributed by atoms with Gasteiger partial charge in [0.25, 0.3) is 0 Å². The second-order valence-electron chi connectivity index (χ2n) is 6.88. The summed E-state index contributed by atoms with van der Waals surface area (Å²) in [4.78, 5) is 23.1. The number of halogens is 3. The lowest BCUT2D eigenvalue weighted by molar-refractivity contribution is -0.156. The van der Waals surface area contributed by atoms with Gasteiger partial charge in [0.1, 0.15) is 6.61 Å². The van der Waals surface area contributed by atoms with Gasteiger partial charge in [0.05, 0.1) is 19.4 Å². The van der Waals surface area contributed by atoms with Crippen LogP contribution in [0.2, 0.25) is 0 Å². The average molecular weight is 417 g/mol. The molecule has 1 aromatic carbocycles. The maximum atomic E-state index is 12.7. The highest BCUT2D eigenvalue weighted by atomic mass is 19.4. The van der Waals surface area contributed by atoms with Crippen molar-refractivity contribution in [3.63, 3.8) is 0 Å². The molecule has 0 aliphatic carbocycles. The first kappa shape index (κ1) is 22.8. The van der Waals surface area contributed by atoms with E-state index in [1.165, 1.54) is 12.0 Å². The lowest BCUT2D eigenvalue weighted by Gasteiger charge is -2.35. The molecular formula is C19H26F3N3O4. The second-order valence-corrected chi connectivity index (χ2v) is 6.88. The zero-order valence-corrected chi connectivity index (χ0v) is 16.7. The van der Waals surface area contributed by atoms with Crippen molar-refractivity contribution >= 4 is 11.8 Å². The number of alkyl halides is 3. The minimum Gasteiger partial charge on any atom is -0.451 e. The standard InChI is InChI=1S/C19H26F3N3O4/c1-13-7-8-15(10-17(13)29-24-18(26)27-3)14(2)23-28-11-16-6-4-5-9-25(16)12-19(20,21)22/h7-8,10,16H,4-6,9,11-12H2,1-3H3,(H,24,26). The summed E-state index contributed by atoms with van der Waals surface area (Å²) in [5, 5.41) is 4.04. The molecule has 1 N–H and O–H groups in total. The third kappa shape index (κ3) is 7.45. The fraction of sp³-hybridized carbons (Fsp3) is 0.579. The number of amides is 1. The Hall–Kier alpha value is -2.49. The van der Waals surface area contributed by atoms with Crippen LogP contribution in [0.25, 0.3) is 0 Å². The number of hydroxylamine groups is 1. The monoisotopic (exact) mass is 417 g/mol. The van der Waals surface area contributed by atoms with Crippen LogP contribution in [-0.2, 0) is 9.57 Å². The molecule has 1 aromatic rings.